The Morgan fingerprint density at radius 2 is 2.08 bits per heavy atom. The van der Waals surface area contributed by atoms with E-state index in [0.29, 0.717) is 0 Å². The first-order valence-corrected chi connectivity index (χ1v) is 5.39. The van der Waals surface area contributed by atoms with Gasteiger partial charge in [-0.25, -0.2) is 0 Å². The van der Waals surface area contributed by atoms with Gasteiger partial charge in [-0.05, 0) is 31.7 Å². The van der Waals surface area contributed by atoms with Gasteiger partial charge in [-0.3, -0.25) is 0 Å². The van der Waals surface area contributed by atoms with E-state index in [9.17, 15) is 0 Å². The van der Waals surface area contributed by atoms with E-state index in [1.54, 1.807) is 0 Å². The van der Waals surface area contributed by atoms with Crippen molar-refractivity contribution in [3.8, 4) is 0 Å². The van der Waals surface area contributed by atoms with Gasteiger partial charge in [0.2, 0.25) is 0 Å². The smallest absolute Gasteiger partial charge is 0.00956 e. The van der Waals surface area contributed by atoms with Gasteiger partial charge in [0.15, 0.2) is 0 Å². The van der Waals surface area contributed by atoms with Crippen molar-refractivity contribution in [3.63, 3.8) is 0 Å². The maximum Gasteiger partial charge on any atom is 0.00956 e. The van der Waals surface area contributed by atoms with Crippen LogP contribution in [0, 0.1) is 11.8 Å². The molecule has 1 heterocycles. The van der Waals surface area contributed by atoms with Crippen LogP contribution in [-0.4, -0.2) is 24.0 Å². The lowest BCUT2D eigenvalue weighted by molar-refractivity contribution is 0.215. The second-order valence-corrected chi connectivity index (χ2v) is 4.59. The Hall–Kier alpha value is -0.0400. The van der Waals surface area contributed by atoms with Gasteiger partial charge in [0.25, 0.3) is 0 Å². The Kier molecular flexibility index (Phi) is 3.57. The number of nitrogens with zero attached hydrogens (tertiary/aromatic N) is 1. The van der Waals surface area contributed by atoms with E-state index >= 15 is 0 Å². The van der Waals surface area contributed by atoms with Gasteiger partial charge in [-0.2, -0.15) is 0 Å². The second-order valence-electron chi connectivity index (χ2n) is 4.59. The number of rotatable bonds is 3. The van der Waals surface area contributed by atoms with Crippen molar-refractivity contribution in [3.05, 3.63) is 0 Å². The van der Waals surface area contributed by atoms with Crippen molar-refractivity contribution in [1.82, 2.24) is 4.90 Å². The van der Waals surface area contributed by atoms with Crippen molar-refractivity contribution >= 4 is 0 Å². The van der Waals surface area contributed by atoms with Crippen LogP contribution in [-0.2, 0) is 0 Å². The Balaban J connectivity index is 2.38. The SMILES string of the molecule is CCC1CCN(CC(C)C)C1C. The summed E-state index contributed by atoms with van der Waals surface area (Å²) >= 11 is 0. The minimum atomic E-state index is 0.822. The zero-order chi connectivity index (χ0) is 9.14. The molecule has 1 fully saturated rings. The highest BCUT2D eigenvalue weighted by Gasteiger charge is 2.28. The maximum atomic E-state index is 2.65. The molecule has 0 radical (unpaired) electrons. The summed E-state index contributed by atoms with van der Waals surface area (Å²) in [6, 6.07) is 0.831. The average Bonchev–Trinajstić information content (AvgIpc) is 2.32. The minimum absolute atomic E-state index is 0.822. The molecule has 1 nitrogen and oxygen atoms in total. The van der Waals surface area contributed by atoms with Gasteiger partial charge in [0.05, 0.1) is 0 Å². The first kappa shape index (κ1) is 10.0. The fourth-order valence-electron chi connectivity index (χ4n) is 2.35. The average molecular weight is 169 g/mol. The molecule has 2 atom stereocenters. The Morgan fingerprint density at radius 3 is 2.50 bits per heavy atom. The lowest BCUT2D eigenvalue weighted by Crippen LogP contribution is -2.32. The molecule has 0 bridgehead atoms. The minimum Gasteiger partial charge on any atom is -0.300 e. The second kappa shape index (κ2) is 4.27. The summed E-state index contributed by atoms with van der Waals surface area (Å²) in [6.07, 6.45) is 2.78. The van der Waals surface area contributed by atoms with E-state index in [1.807, 2.05) is 0 Å². The molecule has 1 rings (SSSR count). The first-order chi connectivity index (χ1) is 5.65. The van der Waals surface area contributed by atoms with Crippen LogP contribution in [0.5, 0.6) is 0 Å². The van der Waals surface area contributed by atoms with Gasteiger partial charge >= 0.3 is 0 Å². The van der Waals surface area contributed by atoms with E-state index in [1.165, 1.54) is 25.9 Å². The molecule has 0 aromatic carbocycles. The molecular weight excluding hydrogens is 146 g/mol. The van der Waals surface area contributed by atoms with Crippen molar-refractivity contribution in [2.45, 2.75) is 46.6 Å². The third kappa shape index (κ3) is 2.22. The highest BCUT2D eigenvalue weighted by atomic mass is 15.2. The summed E-state index contributed by atoms with van der Waals surface area (Å²) in [5, 5.41) is 0. The van der Waals surface area contributed by atoms with Crippen LogP contribution in [0.2, 0.25) is 0 Å². The molecule has 12 heavy (non-hydrogen) atoms. The molecular formula is C11H23N. The molecule has 72 valence electrons. The molecule has 0 saturated carbocycles. The van der Waals surface area contributed by atoms with Crippen LogP contribution in [0.25, 0.3) is 0 Å². The zero-order valence-corrected chi connectivity index (χ0v) is 9.01. The van der Waals surface area contributed by atoms with Gasteiger partial charge in [-0.1, -0.05) is 27.2 Å². The summed E-state index contributed by atoms with van der Waals surface area (Å²) in [5.74, 6) is 1.78. The summed E-state index contributed by atoms with van der Waals surface area (Å²) in [5.41, 5.74) is 0. The Morgan fingerprint density at radius 1 is 1.42 bits per heavy atom. The van der Waals surface area contributed by atoms with Gasteiger partial charge in [0, 0.05) is 12.6 Å². The highest BCUT2D eigenvalue weighted by Crippen LogP contribution is 2.26. The molecule has 0 N–H and O–H groups in total. The molecule has 0 aromatic heterocycles. The number of hydrogen-bond donors (Lipinski definition) is 0. The van der Waals surface area contributed by atoms with Crippen LogP contribution < -0.4 is 0 Å². The van der Waals surface area contributed by atoms with Crippen LogP contribution in [0.1, 0.15) is 40.5 Å². The van der Waals surface area contributed by atoms with Gasteiger partial charge in [0.1, 0.15) is 0 Å². The van der Waals surface area contributed by atoms with Crippen molar-refractivity contribution in [1.29, 1.82) is 0 Å². The lowest BCUT2D eigenvalue weighted by Gasteiger charge is -2.25. The van der Waals surface area contributed by atoms with E-state index < -0.39 is 0 Å². The van der Waals surface area contributed by atoms with Crippen LogP contribution in [0.15, 0.2) is 0 Å². The fourth-order valence-corrected chi connectivity index (χ4v) is 2.35. The van der Waals surface area contributed by atoms with Crippen LogP contribution in [0.4, 0.5) is 0 Å². The van der Waals surface area contributed by atoms with Gasteiger partial charge < -0.3 is 4.90 Å². The van der Waals surface area contributed by atoms with E-state index in [2.05, 4.69) is 32.6 Å². The first-order valence-electron chi connectivity index (χ1n) is 5.39. The number of likely N-dealkylation sites (tertiary alicyclic amines) is 1. The molecule has 1 aliphatic rings. The highest BCUT2D eigenvalue weighted by molar-refractivity contribution is 4.83. The normalized spacial score (nSPS) is 31.8. The molecule has 1 saturated heterocycles. The zero-order valence-electron chi connectivity index (χ0n) is 9.01. The van der Waals surface area contributed by atoms with Crippen molar-refractivity contribution in [2.24, 2.45) is 11.8 Å². The topological polar surface area (TPSA) is 3.24 Å². The van der Waals surface area contributed by atoms with E-state index in [0.717, 1.165) is 17.9 Å². The lowest BCUT2D eigenvalue weighted by atomic mass is 9.99. The molecule has 0 aliphatic carbocycles. The van der Waals surface area contributed by atoms with Crippen molar-refractivity contribution in [2.75, 3.05) is 13.1 Å². The van der Waals surface area contributed by atoms with Gasteiger partial charge in [-0.15, -0.1) is 0 Å². The maximum absolute atomic E-state index is 2.65. The predicted octanol–water partition coefficient (Wildman–Crippen LogP) is 2.76. The Labute approximate surface area is 77.1 Å². The molecule has 2 unspecified atom stereocenters. The monoisotopic (exact) mass is 169 g/mol. The molecule has 1 aliphatic heterocycles. The predicted molar refractivity (Wildman–Crippen MR) is 54.3 cm³/mol. The Bertz CT molecular complexity index is 131. The molecule has 0 amide bonds. The summed E-state index contributed by atoms with van der Waals surface area (Å²) in [4.78, 5) is 2.65. The molecule has 0 aromatic rings. The summed E-state index contributed by atoms with van der Waals surface area (Å²) < 4.78 is 0. The quantitative estimate of drug-likeness (QED) is 0.628. The third-order valence-corrected chi connectivity index (χ3v) is 3.17. The van der Waals surface area contributed by atoms with Crippen LogP contribution in [0.3, 0.4) is 0 Å². The van der Waals surface area contributed by atoms with E-state index in [-0.39, 0.29) is 0 Å². The summed E-state index contributed by atoms with van der Waals surface area (Å²) in [6.45, 7) is 12.0. The summed E-state index contributed by atoms with van der Waals surface area (Å²) in [7, 11) is 0. The molecule has 0 spiro atoms. The fraction of sp³-hybridized carbons (Fsp3) is 1.00. The van der Waals surface area contributed by atoms with E-state index in [4.69, 9.17) is 0 Å². The molecule has 1 heteroatoms. The standard InChI is InChI=1S/C11H23N/c1-5-11-6-7-12(10(11)4)8-9(2)3/h9-11H,5-8H2,1-4H3. The number of hydrogen-bond acceptors (Lipinski definition) is 1. The van der Waals surface area contributed by atoms with Crippen molar-refractivity contribution < 1.29 is 0 Å². The van der Waals surface area contributed by atoms with Crippen LogP contribution >= 0.6 is 0 Å². The largest absolute Gasteiger partial charge is 0.300 e. The third-order valence-electron chi connectivity index (χ3n) is 3.17.